The minimum Gasteiger partial charge on any atom is -0.862 e. The second-order valence-corrected chi connectivity index (χ2v) is 9.36. The predicted molar refractivity (Wildman–Crippen MR) is 126 cm³/mol. The fraction of sp³-hybridized carbons (Fsp3) is 0.125. The second kappa shape index (κ2) is 10.8. The van der Waals surface area contributed by atoms with Crippen molar-refractivity contribution in [3.05, 3.63) is 88.6 Å². The molecule has 4 aromatic rings. The first kappa shape index (κ1) is 26.7. The van der Waals surface area contributed by atoms with Crippen LogP contribution in [0.2, 0.25) is 0 Å². The maximum absolute atomic E-state index is 15.1. The molecule has 35 heavy (non-hydrogen) atoms. The number of sulfonamides is 1. The summed E-state index contributed by atoms with van der Waals surface area (Å²) in [5.41, 5.74) is 0.614. The van der Waals surface area contributed by atoms with Gasteiger partial charge in [0, 0.05) is 23.3 Å². The third-order valence-electron chi connectivity index (χ3n) is 5.13. The zero-order chi connectivity index (χ0) is 24.5. The van der Waals surface area contributed by atoms with Gasteiger partial charge < -0.3 is 10.4 Å². The van der Waals surface area contributed by atoms with Crippen molar-refractivity contribution in [1.82, 2.24) is 9.97 Å². The zero-order valence-corrected chi connectivity index (χ0v) is 21.7. The van der Waals surface area contributed by atoms with Gasteiger partial charge in [0.05, 0.1) is 17.0 Å². The Morgan fingerprint density at radius 1 is 1.23 bits per heavy atom. The maximum Gasteiger partial charge on any atom is 1.00 e. The molecule has 2 aromatic heterocycles. The van der Waals surface area contributed by atoms with Gasteiger partial charge in [-0.1, -0.05) is 12.5 Å². The number of carbonyl (C=O) groups excluding carboxylic acids is 1. The van der Waals surface area contributed by atoms with Gasteiger partial charge in [-0.2, -0.15) is 5.56 Å². The molecule has 2 aromatic carbocycles. The number of fused-ring (bicyclic) bond motifs is 1. The van der Waals surface area contributed by atoms with Crippen molar-refractivity contribution < 1.29 is 51.6 Å². The number of carbonyl (C=O) groups is 1. The number of nitrogens with one attached hydrogen (secondary N) is 2. The Morgan fingerprint density at radius 2 is 2.00 bits per heavy atom. The van der Waals surface area contributed by atoms with Crippen LogP contribution in [0.3, 0.4) is 0 Å². The maximum atomic E-state index is 15.1. The Morgan fingerprint density at radius 3 is 2.71 bits per heavy atom. The van der Waals surface area contributed by atoms with Gasteiger partial charge in [0.2, 0.25) is 15.8 Å². The molecule has 2 N–H and O–H groups in total. The molecule has 0 fully saturated rings. The number of benzene rings is 2. The molecule has 0 spiro atoms. The van der Waals surface area contributed by atoms with Crippen molar-refractivity contribution >= 4 is 38.7 Å². The van der Waals surface area contributed by atoms with Crippen LogP contribution in [0.1, 0.15) is 34.8 Å². The van der Waals surface area contributed by atoms with Gasteiger partial charge in [0.1, 0.15) is 11.5 Å². The first-order valence-electron chi connectivity index (χ1n) is 10.2. The molecule has 0 aliphatic heterocycles. The smallest absolute Gasteiger partial charge is 0.862 e. The molecular weight excluding hydrogens is 485 g/mol. The predicted octanol–water partition coefficient (Wildman–Crippen LogP) is 1.68. The number of pyridine rings is 1. The normalized spacial score (nSPS) is 11.2. The fourth-order valence-electron chi connectivity index (χ4n) is 3.55. The van der Waals surface area contributed by atoms with E-state index in [9.17, 15) is 23.0 Å². The Hall–Kier alpha value is -2.92. The van der Waals surface area contributed by atoms with Crippen LogP contribution in [0.15, 0.2) is 48.8 Å². The number of rotatable bonds is 8. The summed E-state index contributed by atoms with van der Waals surface area (Å²) in [6.07, 6.45) is 4.04. The summed E-state index contributed by atoms with van der Waals surface area (Å²) < 4.78 is 55.9. The summed E-state index contributed by atoms with van der Waals surface area (Å²) in [5.74, 6) is -3.65. The van der Waals surface area contributed by atoms with Crippen LogP contribution in [-0.4, -0.2) is 36.1 Å². The number of ketones is 1. The summed E-state index contributed by atoms with van der Waals surface area (Å²) in [7, 11) is -3.86. The average molecular weight is 503 g/mol. The minimum absolute atomic E-state index is 0. The van der Waals surface area contributed by atoms with Gasteiger partial charge in [-0.05, 0) is 30.2 Å². The molecule has 11 heteroatoms. The Bertz CT molecular complexity index is 1540. The van der Waals surface area contributed by atoms with Crippen LogP contribution >= 0.6 is 0 Å². The topological polar surface area (TPSA) is 114 Å². The monoisotopic (exact) mass is 503 g/mol. The van der Waals surface area contributed by atoms with Crippen molar-refractivity contribution in [1.29, 1.82) is 0 Å². The Kier molecular flexibility index (Phi) is 8.22. The molecule has 0 saturated carbocycles. The Balaban J connectivity index is 0.00000342. The van der Waals surface area contributed by atoms with Crippen molar-refractivity contribution in [3.63, 3.8) is 0 Å². The van der Waals surface area contributed by atoms with E-state index in [0.717, 1.165) is 18.3 Å². The van der Waals surface area contributed by atoms with Crippen molar-refractivity contribution in [3.8, 4) is 11.1 Å². The molecule has 0 aliphatic carbocycles. The van der Waals surface area contributed by atoms with Gasteiger partial charge in [-0.3, -0.25) is 15.7 Å². The van der Waals surface area contributed by atoms with Crippen LogP contribution < -0.4 is 34.3 Å². The first-order valence-corrected chi connectivity index (χ1v) is 11.9. The molecule has 0 unspecified atom stereocenters. The molecule has 0 bridgehead atoms. The molecule has 4 rings (SSSR count). The van der Waals surface area contributed by atoms with Crippen LogP contribution in [0.4, 0.5) is 14.5 Å². The SMILES string of the molecule is CCCS(=O)(=O)Nc1ccc(F)c(C(=O)c2c[nH]c3ncc(-c4cc[c-]c(C=[N-])c4)cc23)c1F.[Na+]. The van der Waals surface area contributed by atoms with Gasteiger partial charge in [0.15, 0.2) is 5.82 Å². The van der Waals surface area contributed by atoms with E-state index in [4.69, 9.17) is 0 Å². The quantitative estimate of drug-likeness (QED) is 0.165. The zero-order valence-electron chi connectivity index (χ0n) is 18.9. The number of nitrogens with zero attached hydrogens (tertiary/aromatic N) is 2. The van der Waals surface area contributed by atoms with Crippen LogP contribution in [0, 0.1) is 17.7 Å². The number of H-pyrrole nitrogens is 1. The molecule has 0 atom stereocenters. The molecule has 2 heterocycles. The van der Waals surface area contributed by atoms with E-state index in [-0.39, 0.29) is 40.9 Å². The summed E-state index contributed by atoms with van der Waals surface area (Å²) in [4.78, 5) is 20.3. The molecule has 7 nitrogen and oxygen atoms in total. The summed E-state index contributed by atoms with van der Waals surface area (Å²) >= 11 is 0. The first-order chi connectivity index (χ1) is 16.2. The van der Waals surface area contributed by atoms with E-state index in [1.807, 2.05) is 0 Å². The van der Waals surface area contributed by atoms with Crippen LogP contribution in [-0.2, 0) is 10.0 Å². The van der Waals surface area contributed by atoms with Crippen LogP contribution in [0.25, 0.3) is 27.6 Å². The summed E-state index contributed by atoms with van der Waals surface area (Å²) in [5, 5.41) is 9.55. The molecule has 0 aliphatic rings. The van der Waals surface area contributed by atoms with Gasteiger partial charge in [-0.25, -0.2) is 22.2 Å². The number of halogens is 2. The van der Waals surface area contributed by atoms with Crippen molar-refractivity contribution in [2.75, 3.05) is 10.5 Å². The number of hydrogen-bond donors (Lipinski definition) is 2. The van der Waals surface area contributed by atoms with Crippen LogP contribution in [0.5, 0.6) is 0 Å². The van der Waals surface area contributed by atoms with E-state index in [2.05, 4.69) is 20.8 Å². The third-order valence-corrected chi connectivity index (χ3v) is 6.61. The van der Waals surface area contributed by atoms with E-state index in [1.165, 1.54) is 6.20 Å². The summed E-state index contributed by atoms with van der Waals surface area (Å²) in [6, 6.07) is 11.2. The molecule has 174 valence electrons. The largest absolute Gasteiger partial charge is 1.00 e. The fourth-order valence-corrected chi connectivity index (χ4v) is 4.68. The van der Waals surface area contributed by atoms with E-state index in [0.29, 0.717) is 34.1 Å². The third kappa shape index (κ3) is 5.51. The minimum atomic E-state index is -3.86. The number of aromatic nitrogens is 2. The van der Waals surface area contributed by atoms with Crippen molar-refractivity contribution in [2.24, 2.45) is 0 Å². The van der Waals surface area contributed by atoms with Gasteiger partial charge in [-0.15, -0.1) is 24.3 Å². The molecule has 0 amide bonds. The number of hydrogen-bond acceptors (Lipinski definition) is 4. The number of aromatic amines is 1. The average Bonchev–Trinajstić information content (AvgIpc) is 3.24. The van der Waals surface area contributed by atoms with E-state index in [1.54, 1.807) is 37.4 Å². The Labute approximate surface area is 222 Å². The van der Waals surface area contributed by atoms with E-state index >= 15 is 4.39 Å². The van der Waals surface area contributed by atoms with E-state index < -0.39 is 38.7 Å². The van der Waals surface area contributed by atoms with Crippen molar-refractivity contribution in [2.45, 2.75) is 13.3 Å². The summed E-state index contributed by atoms with van der Waals surface area (Å²) in [6.45, 7) is 1.64. The molecular formula is C24H18F2N4NaO3S-. The molecule has 0 radical (unpaired) electrons. The molecule has 0 saturated heterocycles. The number of anilines is 1. The van der Waals surface area contributed by atoms with Gasteiger partial charge >= 0.3 is 29.6 Å². The van der Waals surface area contributed by atoms with Gasteiger partial charge in [0.25, 0.3) is 0 Å². The second-order valence-electron chi connectivity index (χ2n) is 7.52. The standard InChI is InChI=1S/C24H18F2N4O3S.Na/c1-2-8-34(32,33)30-20-7-6-19(25)21(22(20)26)23(31)18-13-29-24-17(18)10-16(12-28-24)15-5-3-4-14(9-15)11-27;/h3,5-7,9-13,30H,2,8H2,1H3,(H,28,29);/q-2;+1.